The minimum absolute atomic E-state index is 0.0186. The molecular formula is C14H24O3. The van der Waals surface area contributed by atoms with Crippen molar-refractivity contribution in [1.29, 1.82) is 0 Å². The molecule has 3 nitrogen and oxygen atoms in total. The number of unbranched alkanes of at least 4 members (excludes halogenated alkanes) is 4. The van der Waals surface area contributed by atoms with Crippen LogP contribution in [0.2, 0.25) is 0 Å². The summed E-state index contributed by atoms with van der Waals surface area (Å²) in [5, 5.41) is 8.46. The van der Waals surface area contributed by atoms with Crippen molar-refractivity contribution in [3.05, 3.63) is 0 Å². The van der Waals surface area contributed by atoms with E-state index in [1.807, 2.05) is 0 Å². The lowest BCUT2D eigenvalue weighted by molar-refractivity contribution is -0.162. The highest BCUT2D eigenvalue weighted by atomic mass is 16.7. The van der Waals surface area contributed by atoms with Crippen LogP contribution in [0.15, 0.2) is 0 Å². The van der Waals surface area contributed by atoms with Crippen molar-refractivity contribution in [1.82, 2.24) is 0 Å². The maximum atomic E-state index is 8.46. The summed E-state index contributed by atoms with van der Waals surface area (Å²) >= 11 is 0. The normalized spacial score (nSPS) is 19.7. The van der Waals surface area contributed by atoms with Gasteiger partial charge >= 0.3 is 0 Å². The predicted octanol–water partition coefficient (Wildman–Crippen LogP) is 2.48. The van der Waals surface area contributed by atoms with Crippen LogP contribution in [-0.2, 0) is 9.47 Å². The van der Waals surface area contributed by atoms with E-state index in [0.717, 1.165) is 38.9 Å². The van der Waals surface area contributed by atoms with E-state index in [2.05, 4.69) is 11.8 Å². The van der Waals surface area contributed by atoms with Gasteiger partial charge in [-0.05, 0) is 32.1 Å². The second-order valence-corrected chi connectivity index (χ2v) is 4.34. The molecule has 0 spiro atoms. The minimum Gasteiger partial charge on any atom is -0.384 e. The van der Waals surface area contributed by atoms with Crippen molar-refractivity contribution >= 4 is 0 Å². The van der Waals surface area contributed by atoms with E-state index in [1.54, 1.807) is 0 Å². The summed E-state index contributed by atoms with van der Waals surface area (Å²) in [5.74, 6) is 5.58. The summed E-state index contributed by atoms with van der Waals surface area (Å²) in [6.45, 7) is 1.65. The molecule has 3 heteroatoms. The first-order valence-electron chi connectivity index (χ1n) is 6.73. The maximum absolute atomic E-state index is 8.46. The van der Waals surface area contributed by atoms with Crippen LogP contribution in [0, 0.1) is 11.8 Å². The second kappa shape index (κ2) is 10.6. The molecule has 98 valence electrons. The number of rotatable bonds is 7. The zero-order chi connectivity index (χ0) is 12.2. The second-order valence-electron chi connectivity index (χ2n) is 4.34. The summed E-state index contributed by atoms with van der Waals surface area (Å²) in [7, 11) is 0. The molecule has 1 rings (SSSR count). The Hall–Kier alpha value is -0.560. The fourth-order valence-corrected chi connectivity index (χ4v) is 1.87. The summed E-state index contributed by atoms with van der Waals surface area (Å²) in [6.07, 6.45) is 9.01. The number of hydrogen-bond donors (Lipinski definition) is 1. The zero-order valence-electron chi connectivity index (χ0n) is 10.6. The Morgan fingerprint density at radius 2 is 2.00 bits per heavy atom. The van der Waals surface area contributed by atoms with Gasteiger partial charge in [0, 0.05) is 19.6 Å². The Bertz CT molecular complexity index is 223. The zero-order valence-corrected chi connectivity index (χ0v) is 10.6. The topological polar surface area (TPSA) is 38.7 Å². The largest absolute Gasteiger partial charge is 0.384 e. The van der Waals surface area contributed by atoms with Crippen LogP contribution < -0.4 is 0 Å². The van der Waals surface area contributed by atoms with Crippen LogP contribution in [0.4, 0.5) is 0 Å². The van der Waals surface area contributed by atoms with Crippen LogP contribution in [0.5, 0.6) is 0 Å². The number of ether oxygens (including phenoxy) is 2. The minimum atomic E-state index is -0.0186. The van der Waals surface area contributed by atoms with Gasteiger partial charge in [-0.15, -0.1) is 5.92 Å². The highest BCUT2D eigenvalue weighted by Gasteiger charge is 2.12. The molecule has 0 saturated carbocycles. The van der Waals surface area contributed by atoms with Gasteiger partial charge in [-0.3, -0.25) is 0 Å². The molecule has 0 amide bonds. The summed E-state index contributed by atoms with van der Waals surface area (Å²) in [5.41, 5.74) is 0. The average molecular weight is 240 g/mol. The molecule has 1 unspecified atom stereocenters. The third-order valence-corrected chi connectivity index (χ3v) is 2.84. The first-order chi connectivity index (χ1) is 8.43. The lowest BCUT2D eigenvalue weighted by Crippen LogP contribution is -2.22. The van der Waals surface area contributed by atoms with Crippen molar-refractivity contribution in [2.45, 2.75) is 57.7 Å². The predicted molar refractivity (Wildman–Crippen MR) is 67.5 cm³/mol. The maximum Gasteiger partial charge on any atom is 0.157 e. The molecule has 17 heavy (non-hydrogen) atoms. The van der Waals surface area contributed by atoms with Crippen molar-refractivity contribution in [3.8, 4) is 11.8 Å². The van der Waals surface area contributed by atoms with Gasteiger partial charge in [0.2, 0.25) is 0 Å². The first-order valence-corrected chi connectivity index (χ1v) is 6.73. The first kappa shape index (κ1) is 14.5. The Labute approximate surface area is 104 Å². The van der Waals surface area contributed by atoms with Crippen LogP contribution in [0.3, 0.4) is 0 Å². The van der Waals surface area contributed by atoms with Gasteiger partial charge in [-0.25, -0.2) is 0 Å². The van der Waals surface area contributed by atoms with Gasteiger partial charge in [0.1, 0.15) is 6.61 Å². The molecule has 1 aliphatic heterocycles. The van der Waals surface area contributed by atoms with Gasteiger partial charge in [-0.2, -0.15) is 0 Å². The molecule has 0 aromatic heterocycles. The number of aliphatic hydroxyl groups is 1. The lowest BCUT2D eigenvalue weighted by atomic mass is 10.1. The molecule has 1 saturated heterocycles. The Morgan fingerprint density at radius 3 is 2.76 bits per heavy atom. The van der Waals surface area contributed by atoms with Crippen molar-refractivity contribution in [2.24, 2.45) is 0 Å². The quantitative estimate of drug-likeness (QED) is 0.549. The standard InChI is InChI=1S/C14H24O3/c15-11-7-4-2-1-3-5-8-12-16-14-10-6-9-13-17-14/h14-15H,1-3,5-6,8-13H2. The van der Waals surface area contributed by atoms with Crippen molar-refractivity contribution < 1.29 is 14.6 Å². The molecule has 1 fully saturated rings. The van der Waals surface area contributed by atoms with E-state index in [1.165, 1.54) is 25.7 Å². The van der Waals surface area contributed by atoms with Gasteiger partial charge in [0.05, 0.1) is 0 Å². The number of aliphatic hydroxyl groups excluding tert-OH is 1. The summed E-state index contributed by atoms with van der Waals surface area (Å²) in [4.78, 5) is 0. The SMILES string of the molecule is OCC#CCCCCCCOC1CCCCO1. The van der Waals surface area contributed by atoms with E-state index in [-0.39, 0.29) is 12.9 Å². The van der Waals surface area contributed by atoms with Crippen LogP contribution in [0.1, 0.15) is 51.4 Å². The van der Waals surface area contributed by atoms with Gasteiger partial charge < -0.3 is 14.6 Å². The van der Waals surface area contributed by atoms with Crippen LogP contribution >= 0.6 is 0 Å². The molecule has 0 aromatic carbocycles. The highest BCUT2D eigenvalue weighted by molar-refractivity contribution is 4.98. The van der Waals surface area contributed by atoms with E-state index < -0.39 is 0 Å². The smallest absolute Gasteiger partial charge is 0.157 e. The van der Waals surface area contributed by atoms with Gasteiger partial charge in [-0.1, -0.05) is 18.8 Å². The Balaban J connectivity index is 1.80. The molecule has 1 N–H and O–H groups in total. The average Bonchev–Trinajstić information content (AvgIpc) is 2.38. The molecule has 1 aliphatic rings. The van der Waals surface area contributed by atoms with Crippen molar-refractivity contribution in [2.75, 3.05) is 19.8 Å². The van der Waals surface area contributed by atoms with Crippen LogP contribution in [-0.4, -0.2) is 31.2 Å². The molecule has 0 aliphatic carbocycles. The molecule has 0 bridgehead atoms. The van der Waals surface area contributed by atoms with Crippen LogP contribution in [0.25, 0.3) is 0 Å². The third kappa shape index (κ3) is 8.20. The monoisotopic (exact) mass is 240 g/mol. The van der Waals surface area contributed by atoms with E-state index in [4.69, 9.17) is 14.6 Å². The van der Waals surface area contributed by atoms with E-state index >= 15 is 0 Å². The van der Waals surface area contributed by atoms with E-state index in [9.17, 15) is 0 Å². The fraction of sp³-hybridized carbons (Fsp3) is 0.857. The Morgan fingerprint density at radius 1 is 1.12 bits per heavy atom. The summed E-state index contributed by atoms with van der Waals surface area (Å²) < 4.78 is 11.1. The van der Waals surface area contributed by atoms with Gasteiger partial charge in [0.25, 0.3) is 0 Å². The Kier molecular flexibility index (Phi) is 9.03. The highest BCUT2D eigenvalue weighted by Crippen LogP contribution is 2.14. The van der Waals surface area contributed by atoms with E-state index in [0.29, 0.717) is 0 Å². The third-order valence-electron chi connectivity index (χ3n) is 2.84. The molecular weight excluding hydrogens is 216 g/mol. The summed E-state index contributed by atoms with van der Waals surface area (Å²) in [6, 6.07) is 0. The molecule has 1 heterocycles. The van der Waals surface area contributed by atoms with Gasteiger partial charge in [0.15, 0.2) is 6.29 Å². The lowest BCUT2D eigenvalue weighted by Gasteiger charge is -2.22. The fourth-order valence-electron chi connectivity index (χ4n) is 1.87. The number of hydrogen-bond acceptors (Lipinski definition) is 3. The van der Waals surface area contributed by atoms with Crippen molar-refractivity contribution in [3.63, 3.8) is 0 Å². The molecule has 1 atom stereocenters. The molecule has 0 radical (unpaired) electrons. The molecule has 0 aromatic rings.